The lowest BCUT2D eigenvalue weighted by Gasteiger charge is -2.21. The average Bonchev–Trinajstić information content (AvgIpc) is 2.79. The fourth-order valence-electron chi connectivity index (χ4n) is 3.44. The van der Waals surface area contributed by atoms with E-state index in [1.54, 1.807) is 24.3 Å². The first kappa shape index (κ1) is 21.1. The van der Waals surface area contributed by atoms with E-state index < -0.39 is 12.0 Å². The Morgan fingerprint density at radius 2 is 1.40 bits per heavy atom. The molecular weight excluding hydrogens is 378 g/mol. The lowest BCUT2D eigenvalue weighted by Crippen LogP contribution is -2.43. The number of carbonyl (C=O) groups excluding carboxylic acids is 2. The number of methoxy groups -OCH3 is 1. The zero-order chi connectivity index (χ0) is 21.3. The number of aromatic hydroxyl groups is 1. The van der Waals surface area contributed by atoms with Crippen LogP contribution in [-0.4, -0.2) is 30.1 Å². The first-order valence-electron chi connectivity index (χ1n) is 9.82. The van der Waals surface area contributed by atoms with Gasteiger partial charge < -0.3 is 15.2 Å². The van der Waals surface area contributed by atoms with E-state index in [4.69, 9.17) is 4.74 Å². The Hall–Kier alpha value is -3.60. The summed E-state index contributed by atoms with van der Waals surface area (Å²) in [4.78, 5) is 25.2. The van der Waals surface area contributed by atoms with Crippen molar-refractivity contribution in [1.29, 1.82) is 0 Å². The van der Waals surface area contributed by atoms with Crippen molar-refractivity contribution in [2.75, 3.05) is 7.11 Å². The largest absolute Gasteiger partial charge is 0.508 e. The van der Waals surface area contributed by atoms with Crippen LogP contribution in [0.4, 0.5) is 0 Å². The van der Waals surface area contributed by atoms with Crippen LogP contribution in [0.1, 0.15) is 29.0 Å². The van der Waals surface area contributed by atoms with E-state index in [2.05, 4.69) is 5.32 Å². The molecule has 0 heterocycles. The lowest BCUT2D eigenvalue weighted by atomic mass is 9.88. The molecule has 0 aliphatic heterocycles. The first-order chi connectivity index (χ1) is 14.6. The van der Waals surface area contributed by atoms with Gasteiger partial charge in [0.15, 0.2) is 0 Å². The summed E-state index contributed by atoms with van der Waals surface area (Å²) in [6.45, 7) is 0. The van der Waals surface area contributed by atoms with Crippen molar-refractivity contribution in [1.82, 2.24) is 5.32 Å². The van der Waals surface area contributed by atoms with E-state index in [1.807, 2.05) is 60.7 Å². The van der Waals surface area contributed by atoms with E-state index in [0.717, 1.165) is 16.7 Å². The Balaban J connectivity index is 1.76. The third-order valence-electron chi connectivity index (χ3n) is 4.99. The molecular formula is C25H25NO4. The monoisotopic (exact) mass is 403 g/mol. The van der Waals surface area contributed by atoms with Crippen LogP contribution in [0.15, 0.2) is 84.9 Å². The molecule has 154 valence electrons. The van der Waals surface area contributed by atoms with E-state index in [0.29, 0.717) is 0 Å². The summed E-state index contributed by atoms with van der Waals surface area (Å²) in [7, 11) is 1.30. The molecule has 0 unspecified atom stereocenters. The molecule has 0 aliphatic rings. The van der Waals surface area contributed by atoms with Crippen molar-refractivity contribution in [2.45, 2.75) is 24.8 Å². The van der Waals surface area contributed by atoms with E-state index >= 15 is 0 Å². The van der Waals surface area contributed by atoms with Crippen molar-refractivity contribution < 1.29 is 19.4 Å². The number of phenolic OH excluding ortho intramolecular Hbond substituents is 1. The zero-order valence-electron chi connectivity index (χ0n) is 16.8. The number of rotatable bonds is 8. The Labute approximate surface area is 176 Å². The van der Waals surface area contributed by atoms with Gasteiger partial charge in [-0.2, -0.15) is 0 Å². The first-order valence-corrected chi connectivity index (χ1v) is 9.82. The Bertz CT molecular complexity index is 916. The predicted molar refractivity (Wildman–Crippen MR) is 115 cm³/mol. The minimum atomic E-state index is -0.806. The van der Waals surface area contributed by atoms with E-state index in [-0.39, 0.29) is 30.4 Å². The molecule has 3 rings (SSSR count). The number of esters is 1. The molecule has 0 fully saturated rings. The second-order valence-electron chi connectivity index (χ2n) is 7.09. The summed E-state index contributed by atoms with van der Waals surface area (Å²) in [6.07, 6.45) is 0.483. The third-order valence-corrected chi connectivity index (χ3v) is 4.99. The van der Waals surface area contributed by atoms with Crippen LogP contribution >= 0.6 is 0 Å². The predicted octanol–water partition coefficient (Wildman–Crippen LogP) is 3.81. The quantitative estimate of drug-likeness (QED) is 0.561. The molecule has 30 heavy (non-hydrogen) atoms. The summed E-state index contributed by atoms with van der Waals surface area (Å²) in [5.41, 5.74) is 2.88. The van der Waals surface area contributed by atoms with Crippen LogP contribution in [0.25, 0.3) is 0 Å². The van der Waals surface area contributed by atoms with E-state index in [1.165, 1.54) is 7.11 Å². The van der Waals surface area contributed by atoms with Gasteiger partial charge in [0, 0.05) is 18.8 Å². The standard InChI is InChI=1S/C25H25NO4/c1-30-25(29)23(16-18-12-14-21(27)15-13-18)26-24(28)17-22(19-8-4-2-5-9-19)20-10-6-3-7-11-20/h2-15,22-23,27H,16-17H2,1H3,(H,26,28)/t23-/m0/s1. The fraction of sp³-hybridized carbons (Fsp3) is 0.200. The number of hydrogen-bond donors (Lipinski definition) is 2. The molecule has 0 saturated heterocycles. The minimum Gasteiger partial charge on any atom is -0.508 e. The molecule has 2 N–H and O–H groups in total. The van der Waals surface area contributed by atoms with Gasteiger partial charge in [-0.1, -0.05) is 72.8 Å². The zero-order valence-corrected chi connectivity index (χ0v) is 16.8. The number of phenols is 1. The van der Waals surface area contributed by atoms with Crippen LogP contribution in [0, 0.1) is 0 Å². The molecule has 0 spiro atoms. The maximum absolute atomic E-state index is 12.9. The summed E-state index contributed by atoms with van der Waals surface area (Å²) in [5, 5.41) is 12.3. The maximum atomic E-state index is 12.9. The van der Waals surface area contributed by atoms with Crippen molar-refractivity contribution in [3.8, 4) is 5.75 Å². The second kappa shape index (κ2) is 10.3. The number of amides is 1. The highest BCUT2D eigenvalue weighted by Gasteiger charge is 2.25. The van der Waals surface area contributed by atoms with Crippen molar-refractivity contribution in [3.05, 3.63) is 102 Å². The highest BCUT2D eigenvalue weighted by Crippen LogP contribution is 2.27. The Kier molecular flexibility index (Phi) is 7.22. The second-order valence-corrected chi connectivity index (χ2v) is 7.09. The Morgan fingerprint density at radius 3 is 1.90 bits per heavy atom. The number of benzene rings is 3. The molecule has 5 nitrogen and oxygen atoms in total. The molecule has 0 aromatic heterocycles. The van der Waals surface area contributed by atoms with Crippen molar-refractivity contribution in [2.24, 2.45) is 0 Å². The number of ether oxygens (including phenoxy) is 1. The molecule has 5 heteroatoms. The van der Waals surface area contributed by atoms with Gasteiger partial charge in [0.2, 0.25) is 5.91 Å². The van der Waals surface area contributed by atoms with Crippen LogP contribution < -0.4 is 5.32 Å². The summed E-state index contributed by atoms with van der Waals surface area (Å²) in [5.74, 6) is -0.723. The van der Waals surface area contributed by atoms with Gasteiger partial charge in [-0.15, -0.1) is 0 Å². The smallest absolute Gasteiger partial charge is 0.328 e. The van der Waals surface area contributed by atoms with Crippen LogP contribution in [0.2, 0.25) is 0 Å². The normalized spacial score (nSPS) is 11.7. The molecule has 0 aliphatic carbocycles. The SMILES string of the molecule is COC(=O)[C@H](Cc1ccc(O)cc1)NC(=O)CC(c1ccccc1)c1ccccc1. The molecule has 0 bridgehead atoms. The summed E-state index contributed by atoms with van der Waals surface area (Å²) < 4.78 is 4.88. The highest BCUT2D eigenvalue weighted by molar-refractivity contribution is 5.85. The van der Waals surface area contributed by atoms with E-state index in [9.17, 15) is 14.7 Å². The highest BCUT2D eigenvalue weighted by atomic mass is 16.5. The van der Waals surface area contributed by atoms with Gasteiger partial charge in [0.1, 0.15) is 11.8 Å². The molecule has 1 atom stereocenters. The van der Waals surface area contributed by atoms with Crippen molar-refractivity contribution in [3.63, 3.8) is 0 Å². The molecule has 0 saturated carbocycles. The molecule has 1 amide bonds. The van der Waals surface area contributed by atoms with Crippen LogP contribution in [0.5, 0.6) is 5.75 Å². The van der Waals surface area contributed by atoms with Gasteiger partial charge in [0.05, 0.1) is 7.11 Å². The maximum Gasteiger partial charge on any atom is 0.328 e. The van der Waals surface area contributed by atoms with Gasteiger partial charge in [-0.25, -0.2) is 4.79 Å². The number of carbonyl (C=O) groups is 2. The lowest BCUT2D eigenvalue weighted by molar-refractivity contribution is -0.145. The summed E-state index contributed by atoms with van der Waals surface area (Å²) >= 11 is 0. The summed E-state index contributed by atoms with van der Waals surface area (Å²) in [6, 6.07) is 25.4. The minimum absolute atomic E-state index is 0.126. The third kappa shape index (κ3) is 5.70. The fourth-order valence-corrected chi connectivity index (χ4v) is 3.44. The number of hydrogen-bond acceptors (Lipinski definition) is 4. The van der Waals surface area contributed by atoms with Crippen molar-refractivity contribution >= 4 is 11.9 Å². The molecule has 0 radical (unpaired) electrons. The van der Waals surface area contributed by atoms with Gasteiger partial charge in [-0.05, 0) is 28.8 Å². The topological polar surface area (TPSA) is 75.6 Å². The Morgan fingerprint density at radius 1 is 0.867 bits per heavy atom. The van der Waals surface area contributed by atoms with Crippen LogP contribution in [-0.2, 0) is 20.7 Å². The number of nitrogens with one attached hydrogen (secondary N) is 1. The molecule has 3 aromatic carbocycles. The van der Waals surface area contributed by atoms with Gasteiger partial charge >= 0.3 is 5.97 Å². The van der Waals surface area contributed by atoms with Gasteiger partial charge in [0.25, 0.3) is 0 Å². The average molecular weight is 403 g/mol. The van der Waals surface area contributed by atoms with Gasteiger partial charge in [-0.3, -0.25) is 4.79 Å². The van der Waals surface area contributed by atoms with Crippen LogP contribution in [0.3, 0.4) is 0 Å². The molecule has 3 aromatic rings.